The van der Waals surface area contributed by atoms with Crippen LogP contribution in [0.2, 0.25) is 0 Å². The van der Waals surface area contributed by atoms with E-state index >= 15 is 0 Å². The fourth-order valence-electron chi connectivity index (χ4n) is 3.14. The average molecular weight is 415 g/mol. The quantitative estimate of drug-likeness (QED) is 0.579. The topological polar surface area (TPSA) is 54.2 Å². The molecule has 2 rings (SSSR count). The predicted molar refractivity (Wildman–Crippen MR) is 119 cm³/mol. The van der Waals surface area contributed by atoms with Gasteiger partial charge in [0.05, 0.1) is 11.3 Å². The Morgan fingerprint density at radius 3 is 2.21 bits per heavy atom. The van der Waals surface area contributed by atoms with Crippen molar-refractivity contribution in [2.75, 3.05) is 37.4 Å². The second kappa shape index (κ2) is 14.0. The van der Waals surface area contributed by atoms with E-state index in [-0.39, 0.29) is 5.57 Å². The van der Waals surface area contributed by atoms with Gasteiger partial charge in [0.15, 0.2) is 0 Å². The van der Waals surface area contributed by atoms with Gasteiger partial charge in [0, 0.05) is 37.5 Å². The number of nitrogens with zero attached hydrogens (tertiary/aromatic N) is 2. The second-order valence-electron chi connectivity index (χ2n) is 6.12. The van der Waals surface area contributed by atoms with Crippen molar-refractivity contribution in [2.24, 2.45) is 5.73 Å². The first-order valence-corrected chi connectivity index (χ1v) is 10.4. The van der Waals surface area contributed by atoms with Gasteiger partial charge in [-0.05, 0) is 45.7 Å². The van der Waals surface area contributed by atoms with E-state index < -0.39 is 11.7 Å². The lowest BCUT2D eigenvalue weighted by Crippen LogP contribution is -2.29. The Morgan fingerprint density at radius 2 is 1.76 bits per heavy atom. The Hall–Kier alpha value is -2.02. The van der Waals surface area contributed by atoms with E-state index in [1.807, 2.05) is 19.9 Å². The second-order valence-corrected chi connectivity index (χ2v) is 6.12. The highest BCUT2D eigenvalue weighted by Gasteiger charge is 2.36. The van der Waals surface area contributed by atoms with Crippen LogP contribution in [0, 0.1) is 0 Å². The molecule has 0 amide bonds. The summed E-state index contributed by atoms with van der Waals surface area (Å²) in [5.74, 6) is 0.579. The number of alkyl halides is 3. The summed E-state index contributed by atoms with van der Waals surface area (Å²) < 4.78 is 40.5. The average Bonchev–Trinajstić information content (AvgIpc) is 2.76. The summed E-state index contributed by atoms with van der Waals surface area (Å²) in [5, 5.41) is 2.97. The number of nitrogens with one attached hydrogen (secondary N) is 1. The van der Waals surface area contributed by atoms with Crippen LogP contribution in [0.4, 0.5) is 24.7 Å². The molecule has 1 aliphatic heterocycles. The van der Waals surface area contributed by atoms with E-state index in [1.165, 1.54) is 25.6 Å². The lowest BCUT2D eigenvalue weighted by atomic mass is 9.99. The lowest BCUT2D eigenvalue weighted by molar-refractivity contribution is -0.0873. The molecule has 0 aliphatic carbocycles. The van der Waals surface area contributed by atoms with E-state index in [0.717, 1.165) is 31.6 Å². The number of anilines is 2. The Bertz CT molecular complexity index is 646. The lowest BCUT2D eigenvalue weighted by Gasteiger charge is -2.29. The first-order valence-electron chi connectivity index (χ1n) is 10.4. The minimum Gasteiger partial charge on any atom is -0.373 e. The number of halogens is 3. The molecule has 0 bridgehead atoms. The Balaban J connectivity index is 0.00000184. The molecule has 29 heavy (non-hydrogen) atoms. The SMILES string of the molecule is C/C=C(\C(=C/CC)C(F)(F)F)c1cc(N2CCCCC2)cc(NC)n1.CC.CN. The smallest absolute Gasteiger partial charge is 0.373 e. The number of allylic oxidation sites excluding steroid dienone is 4. The van der Waals surface area contributed by atoms with Gasteiger partial charge in [-0.1, -0.05) is 32.9 Å². The normalized spacial score (nSPS) is 15.0. The maximum absolute atomic E-state index is 13.5. The third-order valence-corrected chi connectivity index (χ3v) is 4.36. The monoisotopic (exact) mass is 414 g/mol. The van der Waals surface area contributed by atoms with E-state index in [9.17, 15) is 13.2 Å². The van der Waals surface area contributed by atoms with Crippen molar-refractivity contribution in [3.63, 3.8) is 0 Å². The van der Waals surface area contributed by atoms with Gasteiger partial charge < -0.3 is 16.0 Å². The van der Waals surface area contributed by atoms with Crippen molar-refractivity contribution in [3.05, 3.63) is 35.6 Å². The minimum absolute atomic E-state index is 0.129. The van der Waals surface area contributed by atoms with E-state index in [2.05, 4.69) is 20.9 Å². The number of rotatable bonds is 5. The Morgan fingerprint density at radius 1 is 1.17 bits per heavy atom. The molecule has 1 aromatic heterocycles. The molecule has 0 saturated carbocycles. The van der Waals surface area contributed by atoms with Crippen LogP contribution in [0.3, 0.4) is 0 Å². The van der Waals surface area contributed by atoms with Crippen molar-refractivity contribution in [1.29, 1.82) is 0 Å². The third kappa shape index (κ3) is 8.09. The molecular formula is C22H37F3N4. The summed E-state index contributed by atoms with van der Waals surface area (Å²) in [6, 6.07) is 3.68. The fraction of sp³-hybridized carbons (Fsp3) is 0.591. The van der Waals surface area contributed by atoms with Crippen molar-refractivity contribution in [1.82, 2.24) is 4.98 Å². The third-order valence-electron chi connectivity index (χ3n) is 4.36. The van der Waals surface area contributed by atoms with Crippen LogP contribution in [0.15, 0.2) is 29.9 Å². The predicted octanol–water partition coefficient (Wildman–Crippen LogP) is 6.02. The van der Waals surface area contributed by atoms with Gasteiger partial charge in [-0.2, -0.15) is 13.2 Å². The van der Waals surface area contributed by atoms with Gasteiger partial charge in [0.2, 0.25) is 0 Å². The summed E-state index contributed by atoms with van der Waals surface area (Å²) in [6.07, 6.45) is 2.04. The van der Waals surface area contributed by atoms with E-state index in [1.54, 1.807) is 27.0 Å². The highest BCUT2D eigenvalue weighted by atomic mass is 19.4. The van der Waals surface area contributed by atoms with Gasteiger partial charge in [-0.25, -0.2) is 4.98 Å². The highest BCUT2D eigenvalue weighted by molar-refractivity contribution is 5.80. The van der Waals surface area contributed by atoms with Crippen LogP contribution in [0.25, 0.3) is 5.57 Å². The molecule has 3 N–H and O–H groups in total. The minimum atomic E-state index is -4.40. The number of piperidine rings is 1. The van der Waals surface area contributed by atoms with Gasteiger partial charge in [-0.3, -0.25) is 0 Å². The van der Waals surface area contributed by atoms with Gasteiger partial charge in [0.1, 0.15) is 5.82 Å². The maximum Gasteiger partial charge on any atom is 0.416 e. The van der Waals surface area contributed by atoms with Crippen LogP contribution >= 0.6 is 0 Å². The van der Waals surface area contributed by atoms with Crippen LogP contribution in [0.1, 0.15) is 59.1 Å². The van der Waals surface area contributed by atoms with Crippen LogP contribution in [-0.2, 0) is 0 Å². The van der Waals surface area contributed by atoms with Gasteiger partial charge in [-0.15, -0.1) is 0 Å². The van der Waals surface area contributed by atoms with E-state index in [0.29, 0.717) is 17.9 Å². The number of aromatic nitrogens is 1. The fourth-order valence-corrected chi connectivity index (χ4v) is 3.14. The molecule has 1 fully saturated rings. The Kier molecular flexibility index (Phi) is 13.1. The summed E-state index contributed by atoms with van der Waals surface area (Å²) >= 11 is 0. The standard InChI is InChI=1S/C19H26F3N3.C2H6.CH5N/c1-4-9-16(19(20,21)22)15(5-2)17-12-14(13-18(23-3)24-17)25-10-7-6-8-11-25;2*1-2/h5,9,12-13H,4,6-8,10-11H2,1-3H3,(H,23,24);1-2H3;2H2,1H3/b15-5+,16-9+;;. The number of pyridine rings is 1. The van der Waals surface area contributed by atoms with Crippen LogP contribution < -0.4 is 16.0 Å². The molecule has 166 valence electrons. The molecule has 0 radical (unpaired) electrons. The van der Waals surface area contributed by atoms with Crippen molar-refractivity contribution >= 4 is 17.1 Å². The molecule has 4 nitrogen and oxygen atoms in total. The summed E-state index contributed by atoms with van der Waals surface area (Å²) in [6.45, 7) is 9.18. The van der Waals surface area contributed by atoms with E-state index in [4.69, 9.17) is 0 Å². The van der Waals surface area contributed by atoms with Crippen LogP contribution in [0.5, 0.6) is 0 Å². The molecule has 0 aromatic carbocycles. The molecule has 1 aromatic rings. The first-order chi connectivity index (χ1) is 13.9. The maximum atomic E-state index is 13.5. The molecule has 0 unspecified atom stereocenters. The van der Waals surface area contributed by atoms with Crippen molar-refractivity contribution in [2.45, 2.75) is 59.6 Å². The van der Waals surface area contributed by atoms with Crippen LogP contribution in [-0.4, -0.2) is 38.3 Å². The molecular weight excluding hydrogens is 377 g/mol. The number of hydrogen-bond donors (Lipinski definition) is 2. The highest BCUT2D eigenvalue weighted by Crippen LogP contribution is 2.37. The Labute approximate surface area is 174 Å². The van der Waals surface area contributed by atoms with Crippen molar-refractivity contribution in [3.8, 4) is 0 Å². The molecule has 2 heterocycles. The first kappa shape index (κ1) is 27.0. The molecule has 0 spiro atoms. The number of hydrogen-bond acceptors (Lipinski definition) is 4. The zero-order chi connectivity index (χ0) is 22.4. The van der Waals surface area contributed by atoms with Gasteiger partial charge in [0.25, 0.3) is 0 Å². The van der Waals surface area contributed by atoms with Gasteiger partial charge >= 0.3 is 6.18 Å². The summed E-state index contributed by atoms with van der Waals surface area (Å²) in [5.41, 5.74) is 5.28. The largest absolute Gasteiger partial charge is 0.416 e. The molecule has 0 atom stereocenters. The zero-order valence-electron chi connectivity index (χ0n) is 18.7. The number of nitrogens with two attached hydrogens (primary N) is 1. The summed E-state index contributed by atoms with van der Waals surface area (Å²) in [4.78, 5) is 6.61. The van der Waals surface area contributed by atoms with Crippen molar-refractivity contribution < 1.29 is 13.2 Å². The molecule has 1 aliphatic rings. The molecule has 7 heteroatoms. The zero-order valence-corrected chi connectivity index (χ0v) is 18.7. The molecule has 1 saturated heterocycles. The summed E-state index contributed by atoms with van der Waals surface area (Å²) in [7, 11) is 3.23.